The molecule has 2 spiro atoms. The third-order valence-electron chi connectivity index (χ3n) is 5.99. The molecule has 2 aliphatic carbocycles. The minimum atomic E-state index is -0.320. The molecule has 3 rings (SSSR count). The van der Waals surface area contributed by atoms with Crippen LogP contribution in [-0.4, -0.2) is 19.0 Å². The molecule has 1 unspecified atom stereocenters. The van der Waals surface area contributed by atoms with Crippen molar-refractivity contribution in [3.8, 4) is 0 Å². The zero-order valence-corrected chi connectivity index (χ0v) is 12.3. The number of hydrogen-bond acceptors (Lipinski definition) is 2. The Hall–Kier alpha value is -0.600. The van der Waals surface area contributed by atoms with Crippen LogP contribution in [0.3, 0.4) is 0 Å². The highest BCUT2D eigenvalue weighted by atomic mass is 16.7. The minimum absolute atomic E-state index is 0.214. The van der Waals surface area contributed by atoms with E-state index in [1.54, 1.807) is 0 Å². The fourth-order valence-corrected chi connectivity index (χ4v) is 4.58. The maximum absolute atomic E-state index is 6.00. The third-order valence-corrected chi connectivity index (χ3v) is 5.99. The first kappa shape index (κ1) is 13.4. The summed E-state index contributed by atoms with van der Waals surface area (Å²) in [5.41, 5.74) is 2.97. The van der Waals surface area contributed by atoms with Crippen molar-refractivity contribution < 1.29 is 9.47 Å². The SMILES string of the molecule is C=C(C)[C@H]1CCC(=C)[C@]2(CCC3(OCCO3)C2C)C1. The second kappa shape index (κ2) is 4.46. The van der Waals surface area contributed by atoms with E-state index in [9.17, 15) is 0 Å². The van der Waals surface area contributed by atoms with Crippen LogP contribution in [0, 0.1) is 17.3 Å². The Kier molecular flexibility index (Phi) is 3.14. The summed E-state index contributed by atoms with van der Waals surface area (Å²) in [7, 11) is 0. The Morgan fingerprint density at radius 2 is 1.95 bits per heavy atom. The topological polar surface area (TPSA) is 18.5 Å². The van der Waals surface area contributed by atoms with Gasteiger partial charge in [0, 0.05) is 12.3 Å². The normalized spacial score (nSPS) is 41.3. The smallest absolute Gasteiger partial charge is 0.171 e. The molecule has 1 aliphatic heterocycles. The standard InChI is InChI=1S/C17H26O2/c1-12(2)15-6-5-13(3)16(11-15)7-8-17(14(16)4)18-9-10-19-17/h14-15H,1,3,5-11H2,2,4H3/t14?,15-,16-/m0/s1. The molecule has 0 bridgehead atoms. The Morgan fingerprint density at radius 3 is 2.58 bits per heavy atom. The van der Waals surface area contributed by atoms with Gasteiger partial charge >= 0.3 is 0 Å². The van der Waals surface area contributed by atoms with Crippen molar-refractivity contribution in [2.24, 2.45) is 17.3 Å². The first-order chi connectivity index (χ1) is 9.00. The van der Waals surface area contributed by atoms with Gasteiger partial charge in [-0.25, -0.2) is 0 Å². The van der Waals surface area contributed by atoms with E-state index < -0.39 is 0 Å². The van der Waals surface area contributed by atoms with Crippen LogP contribution in [-0.2, 0) is 9.47 Å². The lowest BCUT2D eigenvalue weighted by Gasteiger charge is -2.45. The van der Waals surface area contributed by atoms with Crippen molar-refractivity contribution in [1.82, 2.24) is 0 Å². The molecule has 3 atom stereocenters. The van der Waals surface area contributed by atoms with Crippen molar-refractivity contribution in [3.63, 3.8) is 0 Å². The van der Waals surface area contributed by atoms with E-state index in [1.165, 1.54) is 24.0 Å². The molecule has 0 aromatic heterocycles. The number of hydrogen-bond donors (Lipinski definition) is 0. The predicted octanol–water partition coefficient (Wildman–Crippen LogP) is 4.08. The first-order valence-corrected chi connectivity index (χ1v) is 7.62. The summed E-state index contributed by atoms with van der Waals surface area (Å²) in [6.45, 7) is 14.6. The summed E-state index contributed by atoms with van der Waals surface area (Å²) in [5, 5.41) is 0. The van der Waals surface area contributed by atoms with E-state index in [0.717, 1.165) is 32.5 Å². The van der Waals surface area contributed by atoms with Crippen LogP contribution in [0.5, 0.6) is 0 Å². The van der Waals surface area contributed by atoms with Crippen LogP contribution < -0.4 is 0 Å². The summed E-state index contributed by atoms with van der Waals surface area (Å²) in [6.07, 6.45) is 5.74. The molecular formula is C17H26O2. The molecule has 0 amide bonds. The second-order valence-electron chi connectivity index (χ2n) is 6.78. The predicted molar refractivity (Wildman–Crippen MR) is 76.8 cm³/mol. The maximum Gasteiger partial charge on any atom is 0.171 e. The van der Waals surface area contributed by atoms with Gasteiger partial charge < -0.3 is 9.47 Å². The highest BCUT2D eigenvalue weighted by Crippen LogP contribution is 2.62. The van der Waals surface area contributed by atoms with Gasteiger partial charge in [-0.05, 0) is 43.9 Å². The molecule has 19 heavy (non-hydrogen) atoms. The minimum Gasteiger partial charge on any atom is -0.347 e. The Labute approximate surface area is 116 Å². The van der Waals surface area contributed by atoms with Crippen molar-refractivity contribution in [2.75, 3.05) is 13.2 Å². The van der Waals surface area contributed by atoms with Gasteiger partial charge in [-0.1, -0.05) is 31.2 Å². The fourth-order valence-electron chi connectivity index (χ4n) is 4.58. The quantitative estimate of drug-likeness (QED) is 0.663. The van der Waals surface area contributed by atoms with E-state index >= 15 is 0 Å². The largest absolute Gasteiger partial charge is 0.347 e. The zero-order valence-electron chi connectivity index (χ0n) is 12.3. The lowest BCUT2D eigenvalue weighted by molar-refractivity contribution is -0.188. The van der Waals surface area contributed by atoms with Crippen LogP contribution >= 0.6 is 0 Å². The molecule has 2 saturated carbocycles. The fraction of sp³-hybridized carbons (Fsp3) is 0.765. The molecular weight excluding hydrogens is 236 g/mol. The molecule has 2 heteroatoms. The molecule has 3 fully saturated rings. The van der Waals surface area contributed by atoms with Crippen LogP contribution in [0.2, 0.25) is 0 Å². The second-order valence-corrected chi connectivity index (χ2v) is 6.78. The molecule has 0 aromatic rings. The van der Waals surface area contributed by atoms with Crippen LogP contribution in [0.15, 0.2) is 24.3 Å². The molecule has 1 saturated heterocycles. The summed E-state index contributed by atoms with van der Waals surface area (Å²) >= 11 is 0. The molecule has 106 valence electrons. The molecule has 3 aliphatic rings. The van der Waals surface area contributed by atoms with Gasteiger partial charge in [0.15, 0.2) is 5.79 Å². The Balaban J connectivity index is 1.89. The van der Waals surface area contributed by atoms with E-state index in [0.29, 0.717) is 11.8 Å². The molecule has 0 radical (unpaired) electrons. The lowest BCUT2D eigenvalue weighted by atomic mass is 9.60. The first-order valence-electron chi connectivity index (χ1n) is 7.62. The molecule has 0 aromatic carbocycles. The van der Waals surface area contributed by atoms with Crippen molar-refractivity contribution >= 4 is 0 Å². The third kappa shape index (κ3) is 1.84. The van der Waals surface area contributed by atoms with Crippen molar-refractivity contribution in [3.05, 3.63) is 24.3 Å². The summed E-state index contributed by atoms with van der Waals surface area (Å²) < 4.78 is 12.0. The Morgan fingerprint density at radius 1 is 1.26 bits per heavy atom. The average molecular weight is 262 g/mol. The summed E-state index contributed by atoms with van der Waals surface area (Å²) in [6, 6.07) is 0. The molecule has 1 heterocycles. The van der Waals surface area contributed by atoms with Crippen LogP contribution in [0.25, 0.3) is 0 Å². The number of allylic oxidation sites excluding steroid dienone is 2. The number of ether oxygens (including phenoxy) is 2. The van der Waals surface area contributed by atoms with E-state index in [4.69, 9.17) is 9.47 Å². The van der Waals surface area contributed by atoms with Gasteiger partial charge in [0.1, 0.15) is 0 Å². The van der Waals surface area contributed by atoms with E-state index in [2.05, 4.69) is 27.0 Å². The number of rotatable bonds is 1. The van der Waals surface area contributed by atoms with Crippen molar-refractivity contribution in [2.45, 2.75) is 51.7 Å². The van der Waals surface area contributed by atoms with Gasteiger partial charge in [-0.2, -0.15) is 0 Å². The van der Waals surface area contributed by atoms with Gasteiger partial charge in [-0.3, -0.25) is 0 Å². The van der Waals surface area contributed by atoms with Gasteiger partial charge in [0.2, 0.25) is 0 Å². The van der Waals surface area contributed by atoms with Gasteiger partial charge in [0.25, 0.3) is 0 Å². The zero-order chi connectivity index (χ0) is 13.7. The van der Waals surface area contributed by atoms with E-state index in [-0.39, 0.29) is 11.2 Å². The Bertz CT molecular complexity index is 405. The van der Waals surface area contributed by atoms with Crippen molar-refractivity contribution in [1.29, 1.82) is 0 Å². The highest BCUT2D eigenvalue weighted by Gasteiger charge is 2.60. The monoisotopic (exact) mass is 262 g/mol. The summed E-state index contributed by atoms with van der Waals surface area (Å²) in [4.78, 5) is 0. The molecule has 0 N–H and O–H groups in total. The van der Waals surface area contributed by atoms with Gasteiger partial charge in [-0.15, -0.1) is 0 Å². The highest BCUT2D eigenvalue weighted by molar-refractivity contribution is 5.23. The molecule has 2 nitrogen and oxygen atoms in total. The van der Waals surface area contributed by atoms with Crippen LogP contribution in [0.4, 0.5) is 0 Å². The maximum atomic E-state index is 6.00. The average Bonchev–Trinajstić information content (AvgIpc) is 2.96. The van der Waals surface area contributed by atoms with E-state index in [1.807, 2.05) is 0 Å². The summed E-state index contributed by atoms with van der Waals surface area (Å²) in [5.74, 6) is 0.738. The van der Waals surface area contributed by atoms with Gasteiger partial charge in [0.05, 0.1) is 13.2 Å². The van der Waals surface area contributed by atoms with Crippen LogP contribution in [0.1, 0.15) is 46.0 Å². The lowest BCUT2D eigenvalue weighted by Crippen LogP contribution is -2.42.